The van der Waals surface area contributed by atoms with Crippen molar-refractivity contribution in [2.75, 3.05) is 19.6 Å². The van der Waals surface area contributed by atoms with Gasteiger partial charge in [-0.05, 0) is 43.4 Å². The predicted molar refractivity (Wildman–Crippen MR) is 108 cm³/mol. The predicted octanol–water partition coefficient (Wildman–Crippen LogP) is 3.56. The molecule has 1 aliphatic carbocycles. The zero-order valence-electron chi connectivity index (χ0n) is 15.6. The van der Waals surface area contributed by atoms with Crippen molar-refractivity contribution in [2.45, 2.75) is 25.3 Å². The Morgan fingerprint density at radius 3 is 2.72 bits per heavy atom. The molecule has 7 nitrogen and oxygen atoms in total. The number of aromatic nitrogens is 1. The summed E-state index contributed by atoms with van der Waals surface area (Å²) in [6.07, 6.45) is 3.03. The molecule has 4 rings (SSSR count). The third kappa shape index (κ3) is 4.74. The van der Waals surface area contributed by atoms with Gasteiger partial charge in [-0.25, -0.2) is 0 Å². The number of piperidine rings is 1. The Kier molecular flexibility index (Phi) is 5.81. The fraction of sp³-hybridized carbons (Fsp3) is 0.450. The molecule has 0 spiro atoms. The zero-order valence-corrected chi connectivity index (χ0v) is 17.1. The van der Waals surface area contributed by atoms with Gasteiger partial charge in [0.25, 0.3) is 5.91 Å². The summed E-state index contributed by atoms with van der Waals surface area (Å²) in [6.45, 7) is 2.16. The van der Waals surface area contributed by atoms with Crippen LogP contribution in [-0.2, 0) is 4.79 Å². The number of carbonyl (C=O) groups excluding carboxylic acids is 1. The van der Waals surface area contributed by atoms with Gasteiger partial charge in [-0.3, -0.25) is 9.59 Å². The van der Waals surface area contributed by atoms with Crippen molar-refractivity contribution in [3.05, 3.63) is 40.0 Å². The standard InChI is InChI=1S/C20H21Cl2N3O4/c21-12-3-4-13(15(22)7-12)18-8-17(24-29-18)19(26)23-16-5-6-25(9-11-1-2-11)10-14(16)20(27)28/h3-4,7-8,11,14,16H,1-2,5-6,9-10H2,(H,23,26)(H,27,28)/t14-,16-/m0/s1. The smallest absolute Gasteiger partial charge is 0.309 e. The third-order valence-corrected chi connectivity index (χ3v) is 6.03. The molecule has 1 aliphatic heterocycles. The number of amides is 1. The molecule has 2 aliphatic rings. The Morgan fingerprint density at radius 1 is 1.24 bits per heavy atom. The normalized spacial score (nSPS) is 22.4. The maximum atomic E-state index is 12.6. The largest absolute Gasteiger partial charge is 0.481 e. The number of benzene rings is 1. The number of aliphatic carboxylic acids is 1. The quantitative estimate of drug-likeness (QED) is 0.716. The van der Waals surface area contributed by atoms with Gasteiger partial charge in [-0.15, -0.1) is 0 Å². The lowest BCUT2D eigenvalue weighted by Crippen LogP contribution is -2.53. The Morgan fingerprint density at radius 2 is 2.03 bits per heavy atom. The summed E-state index contributed by atoms with van der Waals surface area (Å²) in [7, 11) is 0. The summed E-state index contributed by atoms with van der Waals surface area (Å²) in [5, 5.41) is 17.1. The van der Waals surface area contributed by atoms with Crippen molar-refractivity contribution in [2.24, 2.45) is 11.8 Å². The Labute approximate surface area is 177 Å². The molecule has 9 heteroatoms. The van der Waals surface area contributed by atoms with Crippen molar-refractivity contribution in [1.82, 2.24) is 15.4 Å². The van der Waals surface area contributed by atoms with Crippen LogP contribution in [-0.4, -0.2) is 52.7 Å². The van der Waals surface area contributed by atoms with Gasteiger partial charge < -0.3 is 19.8 Å². The maximum Gasteiger partial charge on any atom is 0.309 e. The summed E-state index contributed by atoms with van der Waals surface area (Å²) in [4.78, 5) is 26.6. The van der Waals surface area contributed by atoms with E-state index < -0.39 is 23.8 Å². The molecule has 0 bridgehead atoms. The van der Waals surface area contributed by atoms with E-state index in [1.54, 1.807) is 18.2 Å². The fourth-order valence-electron chi connectivity index (χ4n) is 3.71. The Hall–Kier alpha value is -2.09. The number of carboxylic acids is 1. The van der Waals surface area contributed by atoms with Crippen LogP contribution in [0, 0.1) is 11.8 Å². The molecule has 2 atom stereocenters. The van der Waals surface area contributed by atoms with Crippen LogP contribution in [0.15, 0.2) is 28.8 Å². The van der Waals surface area contributed by atoms with Crippen molar-refractivity contribution in [3.63, 3.8) is 0 Å². The van der Waals surface area contributed by atoms with E-state index in [0.717, 1.165) is 13.1 Å². The molecule has 1 amide bonds. The van der Waals surface area contributed by atoms with Gasteiger partial charge in [0.15, 0.2) is 11.5 Å². The minimum atomic E-state index is -0.899. The third-order valence-electron chi connectivity index (χ3n) is 5.48. The number of nitrogens with one attached hydrogen (secondary N) is 1. The summed E-state index contributed by atoms with van der Waals surface area (Å²) in [5.74, 6) is -0.972. The van der Waals surface area contributed by atoms with Gasteiger partial charge in [0.1, 0.15) is 0 Å². The molecule has 2 N–H and O–H groups in total. The second-order valence-electron chi connectivity index (χ2n) is 7.72. The summed E-state index contributed by atoms with van der Waals surface area (Å²) >= 11 is 12.1. The van der Waals surface area contributed by atoms with Gasteiger partial charge in [0.2, 0.25) is 0 Å². The van der Waals surface area contributed by atoms with Crippen LogP contribution < -0.4 is 5.32 Å². The van der Waals surface area contributed by atoms with E-state index in [1.165, 1.54) is 18.9 Å². The van der Waals surface area contributed by atoms with E-state index in [4.69, 9.17) is 27.7 Å². The minimum Gasteiger partial charge on any atom is -0.481 e. The summed E-state index contributed by atoms with van der Waals surface area (Å²) < 4.78 is 5.26. The van der Waals surface area contributed by atoms with E-state index >= 15 is 0 Å². The molecular formula is C20H21Cl2N3O4. The van der Waals surface area contributed by atoms with Gasteiger partial charge in [0.05, 0.1) is 10.9 Å². The van der Waals surface area contributed by atoms with E-state index in [9.17, 15) is 14.7 Å². The molecule has 2 heterocycles. The van der Waals surface area contributed by atoms with Crippen molar-refractivity contribution in [1.29, 1.82) is 0 Å². The van der Waals surface area contributed by atoms with E-state index in [-0.39, 0.29) is 5.69 Å². The highest BCUT2D eigenvalue weighted by Crippen LogP contribution is 2.32. The number of likely N-dealkylation sites (tertiary alicyclic amines) is 1. The molecule has 0 radical (unpaired) electrons. The molecule has 1 saturated heterocycles. The lowest BCUT2D eigenvalue weighted by atomic mass is 9.91. The number of nitrogens with zero attached hydrogens (tertiary/aromatic N) is 2. The van der Waals surface area contributed by atoms with Gasteiger partial charge >= 0.3 is 5.97 Å². The van der Waals surface area contributed by atoms with E-state index in [1.807, 2.05) is 0 Å². The average Bonchev–Trinajstić information content (AvgIpc) is 3.35. The first-order chi connectivity index (χ1) is 13.9. The molecule has 29 heavy (non-hydrogen) atoms. The zero-order chi connectivity index (χ0) is 20.5. The van der Waals surface area contributed by atoms with Crippen molar-refractivity contribution >= 4 is 35.1 Å². The highest BCUT2D eigenvalue weighted by atomic mass is 35.5. The lowest BCUT2D eigenvalue weighted by Gasteiger charge is -2.36. The molecular weight excluding hydrogens is 417 g/mol. The van der Waals surface area contributed by atoms with Gasteiger partial charge in [-0.2, -0.15) is 0 Å². The second-order valence-corrected chi connectivity index (χ2v) is 8.56. The highest BCUT2D eigenvalue weighted by molar-refractivity contribution is 6.36. The van der Waals surface area contributed by atoms with Gasteiger partial charge in [0, 0.05) is 42.3 Å². The SMILES string of the molecule is O=C(N[C@H]1CCN(CC2CC2)C[C@@H]1C(=O)O)c1cc(-c2ccc(Cl)cc2Cl)on1. The Balaban J connectivity index is 1.43. The molecule has 154 valence electrons. The van der Waals surface area contributed by atoms with Crippen LogP contribution in [0.2, 0.25) is 10.0 Å². The average molecular weight is 438 g/mol. The van der Waals surface area contributed by atoms with E-state index in [0.29, 0.717) is 40.3 Å². The number of carbonyl (C=O) groups is 2. The number of halogens is 2. The van der Waals surface area contributed by atoms with Crippen LogP contribution in [0.25, 0.3) is 11.3 Å². The van der Waals surface area contributed by atoms with E-state index in [2.05, 4.69) is 15.4 Å². The first-order valence-electron chi connectivity index (χ1n) is 9.59. The molecule has 1 aromatic heterocycles. The van der Waals surface area contributed by atoms with Crippen LogP contribution in [0.3, 0.4) is 0 Å². The van der Waals surface area contributed by atoms with Crippen LogP contribution in [0.4, 0.5) is 0 Å². The van der Waals surface area contributed by atoms with Crippen LogP contribution >= 0.6 is 23.2 Å². The first-order valence-corrected chi connectivity index (χ1v) is 10.3. The summed E-state index contributed by atoms with van der Waals surface area (Å²) in [6, 6.07) is 5.96. The minimum absolute atomic E-state index is 0.0792. The molecule has 1 aromatic carbocycles. The lowest BCUT2D eigenvalue weighted by molar-refractivity contribution is -0.144. The maximum absolute atomic E-state index is 12.6. The number of hydrogen-bond donors (Lipinski definition) is 2. The van der Waals surface area contributed by atoms with Crippen LogP contribution in [0.5, 0.6) is 0 Å². The first kappa shape index (κ1) is 20.2. The molecule has 2 aromatic rings. The topological polar surface area (TPSA) is 95.7 Å². The van der Waals surface area contributed by atoms with Gasteiger partial charge in [-0.1, -0.05) is 28.4 Å². The number of carboxylic acid groups (broad SMARTS) is 1. The fourth-order valence-corrected chi connectivity index (χ4v) is 4.22. The second kappa shape index (κ2) is 8.34. The van der Waals surface area contributed by atoms with Crippen LogP contribution in [0.1, 0.15) is 29.8 Å². The molecule has 2 fully saturated rings. The monoisotopic (exact) mass is 437 g/mol. The van der Waals surface area contributed by atoms with Crippen molar-refractivity contribution in [3.8, 4) is 11.3 Å². The number of hydrogen-bond acceptors (Lipinski definition) is 5. The summed E-state index contributed by atoms with van der Waals surface area (Å²) in [5.41, 5.74) is 0.648. The highest BCUT2D eigenvalue weighted by Gasteiger charge is 2.37. The number of rotatable bonds is 6. The Bertz CT molecular complexity index is 928. The molecule has 1 saturated carbocycles. The molecule has 0 unspecified atom stereocenters. The van der Waals surface area contributed by atoms with Crippen molar-refractivity contribution < 1.29 is 19.2 Å².